The quantitative estimate of drug-likeness (QED) is 0.647. The molecule has 1 saturated heterocycles. The van der Waals surface area contributed by atoms with E-state index in [0.717, 1.165) is 25.9 Å². The SMILES string of the molecule is O=c1ccnc(N2CCCCC2)o1. The number of rotatable bonds is 1. The lowest BCUT2D eigenvalue weighted by Gasteiger charge is -2.25. The molecule has 70 valence electrons. The third-order valence-electron chi connectivity index (χ3n) is 2.21. The summed E-state index contributed by atoms with van der Waals surface area (Å²) in [6.07, 6.45) is 5.06. The van der Waals surface area contributed by atoms with E-state index in [-0.39, 0.29) is 5.63 Å². The molecule has 1 aromatic heterocycles. The Labute approximate surface area is 76.2 Å². The van der Waals surface area contributed by atoms with Crippen LogP contribution in [-0.2, 0) is 0 Å². The van der Waals surface area contributed by atoms with Gasteiger partial charge in [-0.05, 0) is 19.3 Å². The van der Waals surface area contributed by atoms with Gasteiger partial charge < -0.3 is 9.32 Å². The van der Waals surface area contributed by atoms with Crippen molar-refractivity contribution < 1.29 is 4.42 Å². The van der Waals surface area contributed by atoms with Crippen LogP contribution in [0.2, 0.25) is 0 Å². The predicted octanol–water partition coefficient (Wildman–Crippen LogP) is 1.03. The molecule has 1 aromatic rings. The molecule has 0 amide bonds. The van der Waals surface area contributed by atoms with Gasteiger partial charge in [-0.25, -0.2) is 9.78 Å². The van der Waals surface area contributed by atoms with Gasteiger partial charge >= 0.3 is 5.63 Å². The highest BCUT2D eigenvalue weighted by atomic mass is 16.4. The molecule has 0 aliphatic carbocycles. The highest BCUT2D eigenvalue weighted by Crippen LogP contribution is 2.14. The van der Waals surface area contributed by atoms with Crippen molar-refractivity contribution in [3.8, 4) is 0 Å². The van der Waals surface area contributed by atoms with E-state index in [9.17, 15) is 4.79 Å². The predicted molar refractivity (Wildman–Crippen MR) is 48.8 cm³/mol. The maximum Gasteiger partial charge on any atom is 0.340 e. The minimum absolute atomic E-state index is 0.324. The van der Waals surface area contributed by atoms with Crippen molar-refractivity contribution in [1.29, 1.82) is 0 Å². The van der Waals surface area contributed by atoms with Gasteiger partial charge in [0.1, 0.15) is 0 Å². The van der Waals surface area contributed by atoms with E-state index in [1.54, 1.807) is 0 Å². The molecular formula is C9H12N2O2. The first-order valence-corrected chi connectivity index (χ1v) is 4.57. The normalized spacial score (nSPS) is 17.4. The summed E-state index contributed by atoms with van der Waals surface area (Å²) >= 11 is 0. The zero-order chi connectivity index (χ0) is 9.10. The number of aromatic nitrogens is 1. The summed E-state index contributed by atoms with van der Waals surface area (Å²) in [6.45, 7) is 1.89. The topological polar surface area (TPSA) is 46.3 Å². The molecule has 0 atom stereocenters. The molecule has 0 spiro atoms. The van der Waals surface area contributed by atoms with Crippen LogP contribution in [0.4, 0.5) is 6.01 Å². The van der Waals surface area contributed by atoms with Crippen molar-refractivity contribution in [2.24, 2.45) is 0 Å². The van der Waals surface area contributed by atoms with E-state index in [0.29, 0.717) is 6.01 Å². The standard InChI is InChI=1S/C9H12N2O2/c12-8-4-5-10-9(13-8)11-6-2-1-3-7-11/h4-5H,1-3,6-7H2. The Kier molecular flexibility index (Phi) is 2.29. The number of hydrogen-bond donors (Lipinski definition) is 0. The summed E-state index contributed by atoms with van der Waals surface area (Å²) in [7, 11) is 0. The van der Waals surface area contributed by atoms with Gasteiger partial charge in [-0.3, -0.25) is 0 Å². The molecule has 0 bridgehead atoms. The lowest BCUT2D eigenvalue weighted by molar-refractivity contribution is 0.452. The first-order valence-electron chi connectivity index (χ1n) is 4.57. The van der Waals surface area contributed by atoms with E-state index in [2.05, 4.69) is 4.98 Å². The highest BCUT2D eigenvalue weighted by molar-refractivity contribution is 5.24. The number of piperidine rings is 1. The van der Waals surface area contributed by atoms with Crippen molar-refractivity contribution in [1.82, 2.24) is 4.98 Å². The second-order valence-corrected chi connectivity index (χ2v) is 3.20. The molecular weight excluding hydrogens is 168 g/mol. The third kappa shape index (κ3) is 1.88. The Morgan fingerprint density at radius 1 is 1.31 bits per heavy atom. The molecule has 4 heteroatoms. The van der Waals surface area contributed by atoms with E-state index in [1.807, 2.05) is 4.90 Å². The maximum absolute atomic E-state index is 10.9. The molecule has 13 heavy (non-hydrogen) atoms. The second kappa shape index (κ2) is 3.60. The molecule has 0 radical (unpaired) electrons. The van der Waals surface area contributed by atoms with Gasteiger partial charge in [-0.15, -0.1) is 0 Å². The smallest absolute Gasteiger partial charge is 0.340 e. The van der Waals surface area contributed by atoms with Gasteiger partial charge in [0.2, 0.25) is 0 Å². The second-order valence-electron chi connectivity index (χ2n) is 3.20. The van der Waals surface area contributed by atoms with Crippen molar-refractivity contribution >= 4 is 6.01 Å². The summed E-state index contributed by atoms with van der Waals surface area (Å²) < 4.78 is 4.98. The molecule has 0 unspecified atom stereocenters. The lowest BCUT2D eigenvalue weighted by Crippen LogP contribution is -2.30. The van der Waals surface area contributed by atoms with Gasteiger partial charge in [-0.1, -0.05) is 0 Å². The van der Waals surface area contributed by atoms with E-state index in [4.69, 9.17) is 4.42 Å². The van der Waals surface area contributed by atoms with Gasteiger partial charge in [0.15, 0.2) is 0 Å². The van der Waals surface area contributed by atoms with E-state index >= 15 is 0 Å². The van der Waals surface area contributed by atoms with Crippen molar-refractivity contribution in [2.45, 2.75) is 19.3 Å². The number of hydrogen-bond acceptors (Lipinski definition) is 4. The summed E-state index contributed by atoms with van der Waals surface area (Å²) in [4.78, 5) is 16.9. The summed E-state index contributed by atoms with van der Waals surface area (Å²) in [5, 5.41) is 0. The molecule has 0 aromatic carbocycles. The van der Waals surface area contributed by atoms with Crippen molar-refractivity contribution in [2.75, 3.05) is 18.0 Å². The van der Waals surface area contributed by atoms with Crippen LogP contribution in [0.3, 0.4) is 0 Å². The van der Waals surface area contributed by atoms with E-state index in [1.165, 1.54) is 18.7 Å². The highest BCUT2D eigenvalue weighted by Gasteiger charge is 2.13. The van der Waals surface area contributed by atoms with Gasteiger partial charge in [0.25, 0.3) is 6.01 Å². The Hall–Kier alpha value is -1.32. The molecule has 1 aliphatic rings. The number of nitrogens with zero attached hydrogens (tertiary/aromatic N) is 2. The largest absolute Gasteiger partial charge is 0.389 e. The van der Waals surface area contributed by atoms with Crippen molar-refractivity contribution in [3.63, 3.8) is 0 Å². The fraction of sp³-hybridized carbons (Fsp3) is 0.556. The van der Waals surface area contributed by atoms with Crippen LogP contribution in [0.15, 0.2) is 21.5 Å². The minimum atomic E-state index is -0.324. The summed E-state index contributed by atoms with van der Waals surface area (Å²) in [5.41, 5.74) is -0.324. The van der Waals surface area contributed by atoms with Crippen LogP contribution in [0.5, 0.6) is 0 Å². The minimum Gasteiger partial charge on any atom is -0.389 e. The van der Waals surface area contributed by atoms with Gasteiger partial charge in [0, 0.05) is 25.4 Å². The van der Waals surface area contributed by atoms with Crippen LogP contribution in [0, 0.1) is 0 Å². The van der Waals surface area contributed by atoms with Crippen LogP contribution in [0.25, 0.3) is 0 Å². The molecule has 1 fully saturated rings. The van der Waals surface area contributed by atoms with Crippen LogP contribution in [0.1, 0.15) is 19.3 Å². The Morgan fingerprint density at radius 3 is 2.77 bits per heavy atom. The Balaban J connectivity index is 2.19. The fourth-order valence-electron chi connectivity index (χ4n) is 1.54. The average Bonchev–Trinajstić information content (AvgIpc) is 2.19. The fourth-order valence-corrected chi connectivity index (χ4v) is 1.54. The molecule has 2 heterocycles. The molecule has 0 N–H and O–H groups in total. The average molecular weight is 180 g/mol. The van der Waals surface area contributed by atoms with Crippen molar-refractivity contribution in [3.05, 3.63) is 22.7 Å². The Morgan fingerprint density at radius 2 is 2.08 bits per heavy atom. The lowest BCUT2D eigenvalue weighted by atomic mass is 10.1. The Bertz CT molecular complexity index is 328. The summed E-state index contributed by atoms with van der Waals surface area (Å²) in [5.74, 6) is 0. The number of anilines is 1. The van der Waals surface area contributed by atoms with Crippen LogP contribution in [-0.4, -0.2) is 18.1 Å². The monoisotopic (exact) mass is 180 g/mol. The first-order chi connectivity index (χ1) is 6.36. The zero-order valence-electron chi connectivity index (χ0n) is 7.40. The first kappa shape index (κ1) is 8.29. The van der Waals surface area contributed by atoms with Gasteiger partial charge in [-0.2, -0.15) is 0 Å². The third-order valence-corrected chi connectivity index (χ3v) is 2.21. The van der Waals surface area contributed by atoms with Crippen LogP contribution < -0.4 is 10.5 Å². The van der Waals surface area contributed by atoms with Gasteiger partial charge in [0.05, 0.1) is 0 Å². The zero-order valence-corrected chi connectivity index (χ0v) is 7.40. The summed E-state index contributed by atoms with van der Waals surface area (Å²) in [6, 6.07) is 1.79. The molecule has 0 saturated carbocycles. The molecule has 4 nitrogen and oxygen atoms in total. The van der Waals surface area contributed by atoms with Crippen LogP contribution >= 0.6 is 0 Å². The molecule has 2 rings (SSSR count). The molecule has 1 aliphatic heterocycles. The van der Waals surface area contributed by atoms with E-state index < -0.39 is 0 Å². The maximum atomic E-state index is 10.9.